The van der Waals surface area contributed by atoms with Crippen LogP contribution in [0.3, 0.4) is 0 Å². The Labute approximate surface area is 200 Å². The number of fused-ring (bicyclic) bond motifs is 1. The van der Waals surface area contributed by atoms with Crippen LogP contribution < -0.4 is 5.56 Å². The zero-order valence-electron chi connectivity index (χ0n) is 17.5. The fraction of sp³-hybridized carbons (Fsp3) is 0.0769. The minimum absolute atomic E-state index is 0.120. The molecule has 2 N–H and O–H groups in total. The van der Waals surface area contributed by atoms with Crippen LogP contribution in [0.5, 0.6) is 5.88 Å². The van der Waals surface area contributed by atoms with E-state index in [0.29, 0.717) is 17.3 Å². The van der Waals surface area contributed by atoms with Crippen LogP contribution in [-0.2, 0) is 13.0 Å². The zero-order chi connectivity index (χ0) is 22.9. The van der Waals surface area contributed by atoms with Crippen LogP contribution in [-0.4, -0.2) is 19.2 Å². The van der Waals surface area contributed by atoms with Gasteiger partial charge in [-0.3, -0.25) is 14.3 Å². The number of hydrogen-bond donors (Lipinski definition) is 2. The van der Waals surface area contributed by atoms with E-state index in [-0.39, 0.29) is 22.6 Å². The number of benzene rings is 3. The molecule has 0 atom stereocenters. The first-order valence-electron chi connectivity index (χ1n) is 10.4. The maximum Gasteiger partial charge on any atom is 0.259 e. The molecule has 0 saturated carbocycles. The van der Waals surface area contributed by atoms with Crippen LogP contribution in [0.15, 0.2) is 89.9 Å². The molecule has 5 rings (SSSR count). The molecular weight excluding hydrogens is 454 g/mol. The number of nitrogens with one attached hydrogen (secondary N) is 1. The molecule has 0 spiro atoms. The minimum Gasteiger partial charge on any atom is -0.494 e. The lowest BCUT2D eigenvalue weighted by molar-refractivity contribution is 0.426. The molecule has 0 unspecified atom stereocenters. The summed E-state index contributed by atoms with van der Waals surface area (Å²) in [5.41, 5.74) is 3.66. The summed E-state index contributed by atoms with van der Waals surface area (Å²) in [4.78, 5) is 15.5. The minimum atomic E-state index is -0.400. The number of halogens is 1. The summed E-state index contributed by atoms with van der Waals surface area (Å²) < 4.78 is 3.74. The standard InChI is InChI=1S/C26H20ClN3O2S/c27-19-10-12-20(13-11-19)30-25(32)22(24(31)28-26(30)33)14-18-16-29(15-17-6-2-1-3-7-17)23-9-5-4-8-21(18)23/h1-13,16,32H,14-15H2,(H,28,31,33). The van der Waals surface area contributed by atoms with Gasteiger partial charge in [-0.05, 0) is 53.7 Å². The third-order valence-electron chi connectivity index (χ3n) is 5.70. The monoisotopic (exact) mass is 473 g/mol. The average molecular weight is 474 g/mol. The number of nitrogens with zero attached hydrogens (tertiary/aromatic N) is 2. The van der Waals surface area contributed by atoms with E-state index < -0.39 is 5.56 Å². The highest BCUT2D eigenvalue weighted by Gasteiger charge is 2.17. The number of aromatic amines is 1. The Bertz CT molecular complexity index is 1570. The van der Waals surface area contributed by atoms with Crippen molar-refractivity contribution in [2.24, 2.45) is 0 Å². The molecule has 0 aliphatic heterocycles. The Kier molecular flexibility index (Phi) is 5.62. The summed E-state index contributed by atoms with van der Waals surface area (Å²) in [6.45, 7) is 0.708. The van der Waals surface area contributed by atoms with Crippen molar-refractivity contribution in [1.82, 2.24) is 14.1 Å². The third kappa shape index (κ3) is 4.11. The molecule has 5 nitrogen and oxygen atoms in total. The first-order chi connectivity index (χ1) is 16.0. The van der Waals surface area contributed by atoms with Gasteiger partial charge >= 0.3 is 0 Å². The lowest BCUT2D eigenvalue weighted by Crippen LogP contribution is -2.18. The quantitative estimate of drug-likeness (QED) is 0.315. The van der Waals surface area contributed by atoms with Gasteiger partial charge in [-0.1, -0.05) is 60.1 Å². The summed E-state index contributed by atoms with van der Waals surface area (Å²) in [7, 11) is 0. The molecule has 2 aromatic heterocycles. The highest BCUT2D eigenvalue weighted by atomic mass is 35.5. The highest BCUT2D eigenvalue weighted by Crippen LogP contribution is 2.28. The van der Waals surface area contributed by atoms with E-state index in [4.69, 9.17) is 23.8 Å². The molecule has 3 aromatic carbocycles. The molecule has 5 aromatic rings. The van der Waals surface area contributed by atoms with Crippen LogP contribution in [0.1, 0.15) is 16.7 Å². The van der Waals surface area contributed by atoms with Gasteiger partial charge in [0.25, 0.3) is 5.56 Å². The molecule has 164 valence electrons. The van der Waals surface area contributed by atoms with Gasteiger partial charge in [0.1, 0.15) is 0 Å². The van der Waals surface area contributed by atoms with Gasteiger partial charge in [0, 0.05) is 35.1 Å². The molecule has 33 heavy (non-hydrogen) atoms. The van der Waals surface area contributed by atoms with Crippen molar-refractivity contribution in [2.75, 3.05) is 0 Å². The van der Waals surface area contributed by atoms with Crippen LogP contribution in [0.25, 0.3) is 16.6 Å². The van der Waals surface area contributed by atoms with E-state index in [1.807, 2.05) is 42.6 Å². The molecule has 0 amide bonds. The summed E-state index contributed by atoms with van der Waals surface area (Å²) in [6, 6.07) is 25.2. The molecule has 0 fully saturated rings. The Morgan fingerprint density at radius 2 is 1.64 bits per heavy atom. The molecule has 0 radical (unpaired) electrons. The second kappa shape index (κ2) is 8.73. The van der Waals surface area contributed by atoms with Gasteiger partial charge in [-0.2, -0.15) is 0 Å². The van der Waals surface area contributed by atoms with E-state index in [9.17, 15) is 9.90 Å². The predicted octanol–water partition coefficient (Wildman–Crippen LogP) is 5.85. The number of aromatic nitrogens is 3. The maximum absolute atomic E-state index is 12.8. The first kappa shape index (κ1) is 21.2. The topological polar surface area (TPSA) is 62.9 Å². The predicted molar refractivity (Wildman–Crippen MR) is 134 cm³/mol. The maximum atomic E-state index is 12.8. The molecule has 0 aliphatic carbocycles. The molecule has 0 saturated heterocycles. The van der Waals surface area contributed by atoms with Gasteiger partial charge in [0.15, 0.2) is 4.77 Å². The Morgan fingerprint density at radius 1 is 0.939 bits per heavy atom. The van der Waals surface area contributed by atoms with E-state index in [2.05, 4.69) is 27.8 Å². The van der Waals surface area contributed by atoms with Gasteiger partial charge in [0.2, 0.25) is 5.88 Å². The Hall–Kier alpha value is -3.61. The van der Waals surface area contributed by atoms with Crippen LogP contribution in [0, 0.1) is 4.77 Å². The highest BCUT2D eigenvalue weighted by molar-refractivity contribution is 7.71. The molecular formula is C26H20ClN3O2S. The number of hydrogen-bond acceptors (Lipinski definition) is 3. The van der Waals surface area contributed by atoms with E-state index in [0.717, 1.165) is 16.5 Å². The number of aromatic hydroxyl groups is 1. The molecule has 7 heteroatoms. The van der Waals surface area contributed by atoms with Gasteiger partial charge in [-0.25, -0.2) is 0 Å². The van der Waals surface area contributed by atoms with E-state index in [1.165, 1.54) is 10.1 Å². The van der Waals surface area contributed by atoms with E-state index >= 15 is 0 Å². The van der Waals surface area contributed by atoms with E-state index in [1.54, 1.807) is 24.3 Å². The fourth-order valence-electron chi connectivity index (χ4n) is 4.12. The van der Waals surface area contributed by atoms with Gasteiger partial charge < -0.3 is 9.67 Å². The number of H-pyrrole nitrogens is 1. The third-order valence-corrected chi connectivity index (χ3v) is 6.23. The second-order valence-electron chi connectivity index (χ2n) is 7.84. The summed E-state index contributed by atoms with van der Waals surface area (Å²) in [6.07, 6.45) is 2.30. The zero-order valence-corrected chi connectivity index (χ0v) is 19.1. The number of rotatable bonds is 5. The summed E-state index contributed by atoms with van der Waals surface area (Å²) in [5, 5.41) is 12.7. The lowest BCUT2D eigenvalue weighted by atomic mass is 10.1. The van der Waals surface area contributed by atoms with Crippen molar-refractivity contribution in [1.29, 1.82) is 0 Å². The van der Waals surface area contributed by atoms with Crippen molar-refractivity contribution in [3.63, 3.8) is 0 Å². The Morgan fingerprint density at radius 3 is 2.39 bits per heavy atom. The normalized spacial score (nSPS) is 11.2. The lowest BCUT2D eigenvalue weighted by Gasteiger charge is -2.13. The smallest absolute Gasteiger partial charge is 0.259 e. The summed E-state index contributed by atoms with van der Waals surface area (Å²) in [5.74, 6) is -0.175. The first-order valence-corrected chi connectivity index (χ1v) is 11.2. The van der Waals surface area contributed by atoms with Crippen molar-refractivity contribution in [2.45, 2.75) is 13.0 Å². The summed E-state index contributed by atoms with van der Waals surface area (Å²) >= 11 is 11.3. The van der Waals surface area contributed by atoms with Crippen molar-refractivity contribution in [3.05, 3.63) is 122 Å². The van der Waals surface area contributed by atoms with Crippen LogP contribution >= 0.6 is 23.8 Å². The van der Waals surface area contributed by atoms with Crippen LogP contribution in [0.2, 0.25) is 5.02 Å². The molecule has 0 aliphatic rings. The Balaban J connectivity index is 1.61. The largest absolute Gasteiger partial charge is 0.494 e. The average Bonchev–Trinajstić information content (AvgIpc) is 3.16. The van der Waals surface area contributed by atoms with Crippen molar-refractivity contribution >= 4 is 34.7 Å². The fourth-order valence-corrected chi connectivity index (χ4v) is 4.53. The number of para-hydroxylation sites is 1. The van der Waals surface area contributed by atoms with Gasteiger partial charge in [0.05, 0.1) is 11.3 Å². The SMILES string of the molecule is O=c1[nH]c(=S)n(-c2ccc(Cl)cc2)c(O)c1Cc1cn(Cc2ccccc2)c2ccccc12. The van der Waals surface area contributed by atoms with Crippen molar-refractivity contribution in [3.8, 4) is 11.6 Å². The van der Waals surface area contributed by atoms with Crippen LogP contribution in [0.4, 0.5) is 0 Å². The second-order valence-corrected chi connectivity index (χ2v) is 8.66. The van der Waals surface area contributed by atoms with Crippen molar-refractivity contribution < 1.29 is 5.11 Å². The van der Waals surface area contributed by atoms with Gasteiger partial charge in [-0.15, -0.1) is 0 Å². The molecule has 2 heterocycles. The molecule has 0 bridgehead atoms.